The Morgan fingerprint density at radius 1 is 1.35 bits per heavy atom. The van der Waals surface area contributed by atoms with Crippen molar-refractivity contribution in [1.82, 2.24) is 9.80 Å². The number of piperazine rings is 1. The van der Waals surface area contributed by atoms with E-state index >= 15 is 0 Å². The maximum absolute atomic E-state index is 12.6. The van der Waals surface area contributed by atoms with Crippen LogP contribution in [0.4, 0.5) is 5.69 Å². The number of anilines is 1. The SMILES string of the molecule is CCC1CN(C(=O)c2cccc(N)c2)CCN1CCOC.Cl.Cl. The Morgan fingerprint density at radius 2 is 2.09 bits per heavy atom. The van der Waals surface area contributed by atoms with Gasteiger partial charge >= 0.3 is 0 Å². The number of amides is 1. The van der Waals surface area contributed by atoms with Crippen LogP contribution in [0.15, 0.2) is 24.3 Å². The summed E-state index contributed by atoms with van der Waals surface area (Å²) < 4.78 is 5.16. The Labute approximate surface area is 151 Å². The lowest BCUT2D eigenvalue weighted by molar-refractivity contribution is 0.0384. The van der Waals surface area contributed by atoms with Gasteiger partial charge in [-0.3, -0.25) is 9.69 Å². The first kappa shape index (κ1) is 22.0. The molecule has 0 radical (unpaired) electrons. The van der Waals surface area contributed by atoms with Crippen molar-refractivity contribution >= 4 is 36.4 Å². The number of halogens is 2. The third-order valence-corrected chi connectivity index (χ3v) is 4.08. The second kappa shape index (κ2) is 10.7. The van der Waals surface area contributed by atoms with Gasteiger partial charge < -0.3 is 15.4 Å². The van der Waals surface area contributed by atoms with Gasteiger partial charge in [-0.2, -0.15) is 0 Å². The number of ether oxygens (including phenoxy) is 1. The lowest BCUT2D eigenvalue weighted by Crippen LogP contribution is -2.55. The molecule has 1 amide bonds. The predicted molar refractivity (Wildman–Crippen MR) is 98.8 cm³/mol. The highest BCUT2D eigenvalue weighted by Gasteiger charge is 2.28. The highest BCUT2D eigenvalue weighted by molar-refractivity contribution is 5.95. The number of benzene rings is 1. The Balaban J connectivity index is 0.00000242. The lowest BCUT2D eigenvalue weighted by Gasteiger charge is -2.41. The zero-order chi connectivity index (χ0) is 15.2. The first-order valence-electron chi connectivity index (χ1n) is 7.53. The summed E-state index contributed by atoms with van der Waals surface area (Å²) in [6.45, 7) is 6.26. The fourth-order valence-electron chi connectivity index (χ4n) is 2.82. The molecular formula is C16H27Cl2N3O2. The molecule has 1 unspecified atom stereocenters. The van der Waals surface area contributed by atoms with Crippen molar-refractivity contribution in [3.8, 4) is 0 Å². The van der Waals surface area contributed by atoms with E-state index in [1.807, 2.05) is 17.0 Å². The summed E-state index contributed by atoms with van der Waals surface area (Å²) in [5, 5.41) is 0. The van der Waals surface area contributed by atoms with Gasteiger partial charge in [0, 0.05) is 50.6 Å². The molecule has 132 valence electrons. The normalized spacial score (nSPS) is 18.0. The Morgan fingerprint density at radius 3 is 2.70 bits per heavy atom. The number of rotatable bonds is 5. The number of nitrogens with zero attached hydrogens (tertiary/aromatic N) is 2. The summed E-state index contributed by atoms with van der Waals surface area (Å²) in [4.78, 5) is 16.9. The smallest absolute Gasteiger partial charge is 0.254 e. The van der Waals surface area contributed by atoms with Crippen LogP contribution in [0.1, 0.15) is 23.7 Å². The molecule has 0 spiro atoms. The molecular weight excluding hydrogens is 337 g/mol. The molecule has 23 heavy (non-hydrogen) atoms. The fraction of sp³-hybridized carbons (Fsp3) is 0.562. The van der Waals surface area contributed by atoms with Gasteiger partial charge in [-0.05, 0) is 24.6 Å². The van der Waals surface area contributed by atoms with Gasteiger partial charge in [0.05, 0.1) is 6.61 Å². The van der Waals surface area contributed by atoms with E-state index in [2.05, 4.69) is 11.8 Å². The van der Waals surface area contributed by atoms with Crippen molar-refractivity contribution in [1.29, 1.82) is 0 Å². The zero-order valence-electron chi connectivity index (χ0n) is 13.7. The zero-order valence-corrected chi connectivity index (χ0v) is 15.4. The van der Waals surface area contributed by atoms with E-state index in [0.29, 0.717) is 17.3 Å². The van der Waals surface area contributed by atoms with Gasteiger partial charge in [0.25, 0.3) is 5.91 Å². The van der Waals surface area contributed by atoms with Gasteiger partial charge in [-0.25, -0.2) is 0 Å². The molecule has 1 fully saturated rings. The fourth-order valence-corrected chi connectivity index (χ4v) is 2.82. The van der Waals surface area contributed by atoms with Gasteiger partial charge in [0.2, 0.25) is 0 Å². The molecule has 7 heteroatoms. The first-order chi connectivity index (χ1) is 10.2. The Bertz CT molecular complexity index is 488. The number of carbonyl (C=O) groups excluding carboxylic acids is 1. The molecule has 0 aromatic heterocycles. The molecule has 2 N–H and O–H groups in total. The predicted octanol–water partition coefficient (Wildman–Crippen LogP) is 2.30. The molecule has 0 bridgehead atoms. The van der Waals surface area contributed by atoms with Crippen LogP contribution in [-0.4, -0.2) is 61.6 Å². The largest absolute Gasteiger partial charge is 0.399 e. The standard InChI is InChI=1S/C16H25N3O2.2ClH/c1-3-15-12-19(8-7-18(15)9-10-21-2)16(20)13-5-4-6-14(17)11-13;;/h4-6,11,15H,3,7-10,12,17H2,1-2H3;2*1H. The Hall–Kier alpha value is -1.01. The molecule has 1 saturated heterocycles. The maximum atomic E-state index is 12.6. The molecule has 1 heterocycles. The van der Waals surface area contributed by atoms with Gasteiger partial charge in [0.15, 0.2) is 0 Å². The van der Waals surface area contributed by atoms with Crippen LogP contribution in [0.3, 0.4) is 0 Å². The number of hydrogen-bond donors (Lipinski definition) is 1. The first-order valence-corrected chi connectivity index (χ1v) is 7.53. The molecule has 0 saturated carbocycles. The third-order valence-electron chi connectivity index (χ3n) is 4.08. The monoisotopic (exact) mass is 363 g/mol. The summed E-state index contributed by atoms with van der Waals surface area (Å²) in [7, 11) is 1.72. The van der Waals surface area contributed by atoms with Crippen LogP contribution in [0.2, 0.25) is 0 Å². The second-order valence-corrected chi connectivity index (χ2v) is 5.47. The topological polar surface area (TPSA) is 58.8 Å². The minimum absolute atomic E-state index is 0. The van der Waals surface area contributed by atoms with Crippen LogP contribution in [-0.2, 0) is 4.74 Å². The summed E-state index contributed by atoms with van der Waals surface area (Å²) in [6.07, 6.45) is 1.03. The van der Waals surface area contributed by atoms with Crippen LogP contribution >= 0.6 is 24.8 Å². The van der Waals surface area contributed by atoms with Crippen molar-refractivity contribution in [2.45, 2.75) is 19.4 Å². The van der Waals surface area contributed by atoms with Crippen LogP contribution < -0.4 is 5.73 Å². The van der Waals surface area contributed by atoms with Crippen molar-refractivity contribution < 1.29 is 9.53 Å². The summed E-state index contributed by atoms with van der Waals surface area (Å²) in [6, 6.07) is 7.61. The van der Waals surface area contributed by atoms with E-state index in [4.69, 9.17) is 10.5 Å². The van der Waals surface area contributed by atoms with E-state index < -0.39 is 0 Å². The lowest BCUT2D eigenvalue weighted by atomic mass is 10.1. The average Bonchev–Trinajstić information content (AvgIpc) is 2.52. The number of carbonyl (C=O) groups is 1. The number of nitrogens with two attached hydrogens (primary N) is 1. The number of nitrogen functional groups attached to an aromatic ring is 1. The van der Waals surface area contributed by atoms with E-state index in [-0.39, 0.29) is 30.7 Å². The summed E-state index contributed by atoms with van der Waals surface area (Å²) >= 11 is 0. The molecule has 1 aliphatic heterocycles. The van der Waals surface area contributed by atoms with E-state index in [1.165, 1.54) is 0 Å². The van der Waals surface area contributed by atoms with Crippen molar-refractivity contribution in [3.05, 3.63) is 29.8 Å². The van der Waals surface area contributed by atoms with Crippen molar-refractivity contribution in [3.63, 3.8) is 0 Å². The quantitative estimate of drug-likeness (QED) is 0.815. The highest BCUT2D eigenvalue weighted by atomic mass is 35.5. The van der Waals surface area contributed by atoms with Crippen molar-refractivity contribution in [2.24, 2.45) is 0 Å². The average molecular weight is 364 g/mol. The molecule has 1 aliphatic rings. The van der Waals surface area contributed by atoms with Crippen LogP contribution in [0, 0.1) is 0 Å². The van der Waals surface area contributed by atoms with E-state index in [1.54, 1.807) is 19.2 Å². The van der Waals surface area contributed by atoms with Crippen LogP contribution in [0.5, 0.6) is 0 Å². The van der Waals surface area contributed by atoms with Gasteiger partial charge in [0.1, 0.15) is 0 Å². The van der Waals surface area contributed by atoms with E-state index in [9.17, 15) is 4.79 Å². The minimum atomic E-state index is 0. The van der Waals surface area contributed by atoms with Gasteiger partial charge in [-0.15, -0.1) is 24.8 Å². The molecule has 0 aliphatic carbocycles. The molecule has 1 aromatic carbocycles. The third kappa shape index (κ3) is 5.84. The second-order valence-electron chi connectivity index (χ2n) is 5.47. The number of hydrogen-bond acceptors (Lipinski definition) is 4. The van der Waals surface area contributed by atoms with Gasteiger partial charge in [-0.1, -0.05) is 13.0 Å². The van der Waals surface area contributed by atoms with Crippen LogP contribution in [0.25, 0.3) is 0 Å². The molecule has 2 rings (SSSR count). The summed E-state index contributed by atoms with van der Waals surface area (Å²) in [5.74, 6) is 0.0761. The number of methoxy groups -OCH3 is 1. The molecule has 5 nitrogen and oxygen atoms in total. The minimum Gasteiger partial charge on any atom is -0.399 e. The molecule has 1 aromatic rings. The summed E-state index contributed by atoms with van der Waals surface area (Å²) in [5.41, 5.74) is 7.07. The Kier molecular flexibility index (Phi) is 10.2. The maximum Gasteiger partial charge on any atom is 0.254 e. The molecule has 1 atom stereocenters. The van der Waals surface area contributed by atoms with Crippen molar-refractivity contribution in [2.75, 3.05) is 45.6 Å². The van der Waals surface area contributed by atoms with E-state index in [0.717, 1.165) is 39.2 Å². The highest BCUT2D eigenvalue weighted by Crippen LogP contribution is 2.16.